The molecule has 0 bridgehead atoms. The van der Waals surface area contributed by atoms with E-state index in [1.54, 1.807) is 0 Å². The second-order valence-electron chi connectivity index (χ2n) is 11.5. The van der Waals surface area contributed by atoms with Crippen LogP contribution in [0.3, 0.4) is 0 Å². The van der Waals surface area contributed by atoms with Crippen LogP contribution in [0.15, 0.2) is 35.5 Å². The highest BCUT2D eigenvalue weighted by Crippen LogP contribution is 2.59. The van der Waals surface area contributed by atoms with E-state index >= 15 is 0 Å². The van der Waals surface area contributed by atoms with Gasteiger partial charge in [0.15, 0.2) is 0 Å². The maximum absolute atomic E-state index is 13.1. The topological polar surface area (TPSA) is 52.9 Å². The van der Waals surface area contributed by atoms with Crippen molar-refractivity contribution in [3.05, 3.63) is 35.5 Å². The third-order valence-electron chi connectivity index (χ3n) is 9.38. The van der Waals surface area contributed by atoms with Crippen molar-refractivity contribution in [2.24, 2.45) is 23.2 Å². The second kappa shape index (κ2) is 10.9. The number of nitrogens with zero attached hydrogens (tertiary/aromatic N) is 1. The van der Waals surface area contributed by atoms with E-state index in [4.69, 9.17) is 4.74 Å². The molecule has 7 atom stereocenters. The first-order valence-corrected chi connectivity index (χ1v) is 13.2. The van der Waals surface area contributed by atoms with Crippen LogP contribution < -0.4 is 0 Å². The SMILES string of the molecule is C=C1[C@H](O)CC(=C/C=C2\CCC[C@]3(C)[C@@H]([C@H](C)CCN4CCO[C@H](C(F)F)C4)CC[C@@H]23)C[C@H]1O. The molecule has 0 amide bonds. The van der Waals surface area contributed by atoms with Crippen molar-refractivity contribution in [2.75, 3.05) is 26.2 Å². The van der Waals surface area contributed by atoms with Crippen LogP contribution in [0.5, 0.6) is 0 Å². The van der Waals surface area contributed by atoms with Crippen molar-refractivity contribution in [1.29, 1.82) is 0 Å². The van der Waals surface area contributed by atoms with E-state index in [1.165, 1.54) is 31.3 Å². The molecule has 0 spiro atoms. The van der Waals surface area contributed by atoms with Gasteiger partial charge in [0, 0.05) is 13.1 Å². The number of halogens is 2. The van der Waals surface area contributed by atoms with Crippen LogP contribution in [0.1, 0.15) is 65.2 Å². The number of alkyl halides is 2. The Bertz CT molecular complexity index is 781. The lowest BCUT2D eigenvalue weighted by Gasteiger charge is -2.45. The maximum Gasteiger partial charge on any atom is 0.265 e. The highest BCUT2D eigenvalue weighted by molar-refractivity contribution is 5.29. The molecule has 0 aromatic rings. The largest absolute Gasteiger partial charge is 0.388 e. The maximum atomic E-state index is 13.1. The molecule has 4 fully saturated rings. The predicted molar refractivity (Wildman–Crippen MR) is 131 cm³/mol. The Hall–Kier alpha value is -1.08. The lowest BCUT2D eigenvalue weighted by atomic mass is 9.61. The van der Waals surface area contributed by atoms with Gasteiger partial charge >= 0.3 is 0 Å². The van der Waals surface area contributed by atoms with Gasteiger partial charge < -0.3 is 14.9 Å². The number of aliphatic hydroxyl groups is 2. The number of morpholine rings is 1. The lowest BCUT2D eigenvalue weighted by molar-refractivity contribution is -0.103. The Morgan fingerprint density at radius 1 is 1.21 bits per heavy atom. The fourth-order valence-corrected chi connectivity index (χ4v) is 7.31. The molecule has 4 rings (SSSR count). The molecule has 4 nitrogen and oxygen atoms in total. The minimum atomic E-state index is -2.41. The summed E-state index contributed by atoms with van der Waals surface area (Å²) in [5, 5.41) is 20.3. The molecule has 0 aromatic carbocycles. The molecule has 4 aliphatic rings. The van der Waals surface area contributed by atoms with Crippen LogP contribution in [0, 0.1) is 23.2 Å². The Morgan fingerprint density at radius 3 is 2.65 bits per heavy atom. The monoisotopic (exact) mass is 479 g/mol. The van der Waals surface area contributed by atoms with Crippen LogP contribution in [-0.4, -0.2) is 66.1 Å². The summed E-state index contributed by atoms with van der Waals surface area (Å²) in [6, 6.07) is 0. The number of fused-ring (bicyclic) bond motifs is 1. The minimum absolute atomic E-state index is 0.290. The lowest BCUT2D eigenvalue weighted by Crippen LogP contribution is -2.46. The number of hydrogen-bond acceptors (Lipinski definition) is 4. The average molecular weight is 480 g/mol. The molecule has 3 saturated carbocycles. The zero-order valence-corrected chi connectivity index (χ0v) is 20.9. The molecule has 34 heavy (non-hydrogen) atoms. The molecular weight excluding hydrogens is 436 g/mol. The predicted octanol–water partition coefficient (Wildman–Crippen LogP) is 5.12. The first-order valence-electron chi connectivity index (χ1n) is 13.2. The normalized spacial score (nSPS) is 39.5. The highest BCUT2D eigenvalue weighted by Gasteiger charge is 2.50. The van der Waals surface area contributed by atoms with Gasteiger partial charge in [0.05, 0.1) is 18.8 Å². The van der Waals surface area contributed by atoms with E-state index in [-0.39, 0.29) is 0 Å². The first kappa shape index (κ1) is 26.0. The number of allylic oxidation sites excluding steroid dienone is 3. The molecule has 192 valence electrons. The average Bonchev–Trinajstić information content (AvgIpc) is 3.17. The van der Waals surface area contributed by atoms with E-state index in [1.807, 2.05) is 0 Å². The van der Waals surface area contributed by atoms with Gasteiger partial charge in [-0.3, -0.25) is 4.90 Å². The van der Waals surface area contributed by atoms with Gasteiger partial charge in [-0.25, -0.2) is 8.78 Å². The standard InChI is InChI=1S/C28H43F2NO3/c1-18(10-12-31-13-14-34-26(17-31)27(29)30)22-8-9-23-21(5-4-11-28(22,23)3)7-6-20-15-24(32)19(2)25(33)16-20/h6-7,18,22-27,32-33H,2,4-5,8-17H2,1,3H3/b21-7+/t18-,22-,23+,24-,25-,26+,28-/m1/s1. The van der Waals surface area contributed by atoms with E-state index in [0.717, 1.165) is 31.5 Å². The quantitative estimate of drug-likeness (QED) is 0.519. The molecule has 3 aliphatic carbocycles. The molecule has 0 radical (unpaired) electrons. The van der Waals surface area contributed by atoms with Crippen LogP contribution in [-0.2, 0) is 4.74 Å². The zero-order valence-electron chi connectivity index (χ0n) is 20.9. The molecule has 1 heterocycles. The minimum Gasteiger partial charge on any atom is -0.388 e. The summed E-state index contributed by atoms with van der Waals surface area (Å²) in [5.41, 5.74) is 3.45. The molecular formula is C28H43F2NO3. The summed E-state index contributed by atoms with van der Waals surface area (Å²) >= 11 is 0. The summed E-state index contributed by atoms with van der Waals surface area (Å²) in [5.74, 6) is 1.81. The Labute approximate surface area is 203 Å². The van der Waals surface area contributed by atoms with Gasteiger partial charge in [-0.1, -0.05) is 43.7 Å². The third kappa shape index (κ3) is 5.50. The van der Waals surface area contributed by atoms with Crippen molar-refractivity contribution in [3.63, 3.8) is 0 Å². The zero-order chi connectivity index (χ0) is 24.5. The van der Waals surface area contributed by atoms with E-state index in [0.29, 0.717) is 54.7 Å². The molecule has 0 unspecified atom stereocenters. The molecule has 6 heteroatoms. The fraction of sp³-hybridized carbons (Fsp3) is 0.786. The Balaban J connectivity index is 1.37. The number of ether oxygens (including phenoxy) is 1. The van der Waals surface area contributed by atoms with Gasteiger partial charge in [-0.05, 0) is 86.7 Å². The van der Waals surface area contributed by atoms with Crippen LogP contribution in [0.4, 0.5) is 8.78 Å². The van der Waals surface area contributed by atoms with E-state index < -0.39 is 24.7 Å². The van der Waals surface area contributed by atoms with Crippen molar-refractivity contribution in [1.82, 2.24) is 4.90 Å². The van der Waals surface area contributed by atoms with Gasteiger partial charge in [0.1, 0.15) is 6.10 Å². The third-order valence-corrected chi connectivity index (χ3v) is 9.38. The molecule has 2 N–H and O–H groups in total. The molecule has 1 saturated heterocycles. The van der Waals surface area contributed by atoms with Gasteiger partial charge in [0.2, 0.25) is 0 Å². The number of aliphatic hydroxyl groups excluding tert-OH is 2. The number of hydrogen-bond donors (Lipinski definition) is 2. The summed E-state index contributed by atoms with van der Waals surface area (Å²) in [6.45, 7) is 11.0. The Morgan fingerprint density at radius 2 is 1.94 bits per heavy atom. The summed E-state index contributed by atoms with van der Waals surface area (Å²) < 4.78 is 31.3. The molecule has 1 aliphatic heterocycles. The van der Waals surface area contributed by atoms with Crippen molar-refractivity contribution < 1.29 is 23.7 Å². The second-order valence-corrected chi connectivity index (χ2v) is 11.5. The van der Waals surface area contributed by atoms with Crippen molar-refractivity contribution in [2.45, 2.75) is 90.0 Å². The van der Waals surface area contributed by atoms with E-state index in [2.05, 4.69) is 37.5 Å². The summed E-state index contributed by atoms with van der Waals surface area (Å²) in [6.07, 6.45) is 8.00. The fourth-order valence-electron chi connectivity index (χ4n) is 7.31. The van der Waals surface area contributed by atoms with Gasteiger partial charge in [-0.2, -0.15) is 0 Å². The smallest absolute Gasteiger partial charge is 0.265 e. The van der Waals surface area contributed by atoms with Crippen LogP contribution in [0.25, 0.3) is 0 Å². The first-order chi connectivity index (χ1) is 16.2. The van der Waals surface area contributed by atoms with Crippen LogP contribution >= 0.6 is 0 Å². The van der Waals surface area contributed by atoms with Crippen LogP contribution in [0.2, 0.25) is 0 Å². The van der Waals surface area contributed by atoms with E-state index in [9.17, 15) is 19.0 Å². The Kier molecular flexibility index (Phi) is 8.33. The summed E-state index contributed by atoms with van der Waals surface area (Å²) in [4.78, 5) is 2.16. The van der Waals surface area contributed by atoms with Crippen molar-refractivity contribution in [3.8, 4) is 0 Å². The van der Waals surface area contributed by atoms with Gasteiger partial charge in [0.25, 0.3) is 6.43 Å². The molecule has 0 aromatic heterocycles. The summed E-state index contributed by atoms with van der Waals surface area (Å²) in [7, 11) is 0. The van der Waals surface area contributed by atoms with Gasteiger partial charge in [-0.15, -0.1) is 0 Å². The van der Waals surface area contributed by atoms with Crippen molar-refractivity contribution >= 4 is 0 Å². The highest BCUT2D eigenvalue weighted by atomic mass is 19.3. The number of rotatable bonds is 6.